The summed E-state index contributed by atoms with van der Waals surface area (Å²) in [6.07, 6.45) is 3.82. The highest BCUT2D eigenvalue weighted by atomic mass is 16.8. The lowest BCUT2D eigenvalue weighted by atomic mass is 10.5. The molecule has 0 aromatic heterocycles. The summed E-state index contributed by atoms with van der Waals surface area (Å²) in [4.78, 5) is 0. The Balaban J connectivity index is 2.05. The highest BCUT2D eigenvalue weighted by Gasteiger charge is 2.35. The second-order valence-electron chi connectivity index (χ2n) is 1.82. The average Bonchev–Trinajstić information content (AvgIpc) is 2.42. The molecule has 1 aliphatic heterocycles. The predicted molar refractivity (Wildman–Crippen MR) is 30.2 cm³/mol. The number of ether oxygens (including phenoxy) is 2. The summed E-state index contributed by atoms with van der Waals surface area (Å²) in [6, 6.07) is 0. The molecule has 0 spiro atoms. The number of epoxide rings is 1. The van der Waals surface area contributed by atoms with Gasteiger partial charge in [-0.2, -0.15) is 0 Å². The van der Waals surface area contributed by atoms with Gasteiger partial charge in [-0.05, 0) is 13.8 Å². The largest absolute Gasteiger partial charge is 0.470 e. The van der Waals surface area contributed by atoms with Crippen molar-refractivity contribution >= 4 is 0 Å². The molecule has 2 heteroatoms. The third-order valence-electron chi connectivity index (χ3n) is 1.00. The maximum absolute atomic E-state index is 5.01. The number of hydrogen-bond acceptors (Lipinski definition) is 2. The molecule has 1 heterocycles. The van der Waals surface area contributed by atoms with Crippen LogP contribution >= 0.6 is 0 Å². The minimum absolute atomic E-state index is 0.0335. The summed E-state index contributed by atoms with van der Waals surface area (Å²) in [6.45, 7) is 3.89. The van der Waals surface area contributed by atoms with Crippen LogP contribution in [-0.4, -0.2) is 12.4 Å². The van der Waals surface area contributed by atoms with E-state index in [1.54, 1.807) is 6.26 Å². The smallest absolute Gasteiger partial charge is 0.225 e. The minimum Gasteiger partial charge on any atom is -0.470 e. The highest BCUT2D eigenvalue weighted by Crippen LogP contribution is 2.21. The van der Waals surface area contributed by atoms with E-state index in [0.717, 1.165) is 0 Å². The van der Waals surface area contributed by atoms with Gasteiger partial charge >= 0.3 is 0 Å². The van der Waals surface area contributed by atoms with Gasteiger partial charge in [-0.1, -0.05) is 6.08 Å². The molecule has 46 valence electrons. The first-order chi connectivity index (χ1) is 3.84. The van der Waals surface area contributed by atoms with Gasteiger partial charge in [-0.15, -0.1) is 0 Å². The SMILES string of the molecule is CC=COC1OC1C. The Hall–Kier alpha value is -0.500. The maximum atomic E-state index is 5.01. The lowest BCUT2D eigenvalue weighted by molar-refractivity contribution is 0.130. The van der Waals surface area contributed by atoms with E-state index in [1.165, 1.54) is 0 Å². The molecule has 1 fully saturated rings. The lowest BCUT2D eigenvalue weighted by Crippen LogP contribution is -1.88. The molecule has 8 heavy (non-hydrogen) atoms. The van der Waals surface area contributed by atoms with E-state index in [-0.39, 0.29) is 6.29 Å². The summed E-state index contributed by atoms with van der Waals surface area (Å²) in [5, 5.41) is 0. The molecule has 2 unspecified atom stereocenters. The fraction of sp³-hybridized carbons (Fsp3) is 0.667. The van der Waals surface area contributed by atoms with E-state index in [0.29, 0.717) is 6.10 Å². The molecule has 0 radical (unpaired) electrons. The van der Waals surface area contributed by atoms with Gasteiger partial charge in [0.15, 0.2) is 0 Å². The van der Waals surface area contributed by atoms with Crippen molar-refractivity contribution in [2.45, 2.75) is 26.2 Å². The van der Waals surface area contributed by atoms with Crippen molar-refractivity contribution in [3.63, 3.8) is 0 Å². The van der Waals surface area contributed by atoms with Gasteiger partial charge in [0.2, 0.25) is 6.29 Å². The van der Waals surface area contributed by atoms with Crippen LogP contribution in [-0.2, 0) is 9.47 Å². The van der Waals surface area contributed by atoms with Crippen molar-refractivity contribution in [3.8, 4) is 0 Å². The molecular weight excluding hydrogens is 104 g/mol. The number of allylic oxidation sites excluding steroid dienone is 1. The van der Waals surface area contributed by atoms with Gasteiger partial charge in [0.05, 0.1) is 6.26 Å². The van der Waals surface area contributed by atoms with E-state index in [1.807, 2.05) is 19.9 Å². The Kier molecular flexibility index (Phi) is 1.53. The van der Waals surface area contributed by atoms with Crippen LogP contribution in [0.4, 0.5) is 0 Å². The molecular formula is C6H10O2. The number of rotatable bonds is 2. The van der Waals surface area contributed by atoms with Crippen LogP contribution in [0.1, 0.15) is 13.8 Å². The Morgan fingerprint density at radius 1 is 1.62 bits per heavy atom. The molecule has 0 aromatic carbocycles. The zero-order valence-electron chi connectivity index (χ0n) is 5.13. The van der Waals surface area contributed by atoms with Crippen molar-refractivity contribution in [1.82, 2.24) is 0 Å². The van der Waals surface area contributed by atoms with Crippen LogP contribution in [0.25, 0.3) is 0 Å². The van der Waals surface area contributed by atoms with E-state index < -0.39 is 0 Å². The highest BCUT2D eigenvalue weighted by molar-refractivity contribution is 4.75. The Morgan fingerprint density at radius 2 is 2.25 bits per heavy atom. The van der Waals surface area contributed by atoms with Gasteiger partial charge in [-0.25, -0.2) is 0 Å². The summed E-state index contributed by atoms with van der Waals surface area (Å²) < 4.78 is 9.96. The van der Waals surface area contributed by atoms with E-state index in [9.17, 15) is 0 Å². The van der Waals surface area contributed by atoms with Crippen molar-refractivity contribution in [2.24, 2.45) is 0 Å². The summed E-state index contributed by atoms with van der Waals surface area (Å²) >= 11 is 0. The summed E-state index contributed by atoms with van der Waals surface area (Å²) in [7, 11) is 0. The van der Waals surface area contributed by atoms with Crippen molar-refractivity contribution in [1.29, 1.82) is 0 Å². The summed E-state index contributed by atoms with van der Waals surface area (Å²) in [5.74, 6) is 0. The van der Waals surface area contributed by atoms with Crippen molar-refractivity contribution in [3.05, 3.63) is 12.3 Å². The quantitative estimate of drug-likeness (QED) is 0.398. The van der Waals surface area contributed by atoms with Gasteiger partial charge in [0.1, 0.15) is 6.10 Å². The topological polar surface area (TPSA) is 21.8 Å². The second-order valence-corrected chi connectivity index (χ2v) is 1.82. The normalized spacial score (nSPS) is 35.8. The van der Waals surface area contributed by atoms with Crippen LogP contribution in [0, 0.1) is 0 Å². The molecule has 0 amide bonds. The van der Waals surface area contributed by atoms with Gasteiger partial charge in [-0.3, -0.25) is 0 Å². The van der Waals surface area contributed by atoms with Crippen molar-refractivity contribution in [2.75, 3.05) is 0 Å². The Labute approximate surface area is 49.1 Å². The molecule has 2 atom stereocenters. The lowest BCUT2D eigenvalue weighted by Gasteiger charge is -1.88. The van der Waals surface area contributed by atoms with E-state index >= 15 is 0 Å². The van der Waals surface area contributed by atoms with E-state index in [4.69, 9.17) is 9.47 Å². The Bertz CT molecular complexity index is 98.7. The van der Waals surface area contributed by atoms with Crippen LogP contribution in [0.5, 0.6) is 0 Å². The number of hydrogen-bond donors (Lipinski definition) is 0. The van der Waals surface area contributed by atoms with Crippen molar-refractivity contribution < 1.29 is 9.47 Å². The molecule has 0 bridgehead atoms. The van der Waals surface area contributed by atoms with Crippen LogP contribution in [0.15, 0.2) is 12.3 Å². The first-order valence-electron chi connectivity index (χ1n) is 2.76. The molecule has 0 saturated carbocycles. The molecule has 0 aliphatic carbocycles. The molecule has 1 saturated heterocycles. The molecule has 0 aromatic rings. The third-order valence-corrected chi connectivity index (χ3v) is 1.00. The molecule has 1 aliphatic rings. The van der Waals surface area contributed by atoms with Crippen LogP contribution in [0.3, 0.4) is 0 Å². The third kappa shape index (κ3) is 1.23. The van der Waals surface area contributed by atoms with Crippen LogP contribution < -0.4 is 0 Å². The minimum atomic E-state index is 0.0335. The fourth-order valence-electron chi connectivity index (χ4n) is 0.465. The van der Waals surface area contributed by atoms with Gasteiger partial charge in [0.25, 0.3) is 0 Å². The fourth-order valence-corrected chi connectivity index (χ4v) is 0.465. The van der Waals surface area contributed by atoms with Gasteiger partial charge < -0.3 is 9.47 Å². The first kappa shape index (κ1) is 5.63. The Morgan fingerprint density at radius 3 is 2.62 bits per heavy atom. The molecule has 2 nitrogen and oxygen atoms in total. The first-order valence-corrected chi connectivity index (χ1v) is 2.76. The zero-order valence-corrected chi connectivity index (χ0v) is 5.13. The van der Waals surface area contributed by atoms with Gasteiger partial charge in [0, 0.05) is 0 Å². The summed E-state index contributed by atoms with van der Waals surface area (Å²) in [5.41, 5.74) is 0. The van der Waals surface area contributed by atoms with Crippen LogP contribution in [0.2, 0.25) is 0 Å². The zero-order chi connectivity index (χ0) is 5.98. The molecule has 0 N–H and O–H groups in total. The predicted octanol–water partition coefficient (Wildman–Crippen LogP) is 1.28. The standard InChI is InChI=1S/C6H10O2/c1-3-4-7-6-5(2)8-6/h3-6H,1-2H3. The molecule has 1 rings (SSSR count). The second kappa shape index (κ2) is 2.18. The average molecular weight is 114 g/mol. The maximum Gasteiger partial charge on any atom is 0.225 e. The van der Waals surface area contributed by atoms with E-state index in [2.05, 4.69) is 0 Å². The monoisotopic (exact) mass is 114 g/mol.